The summed E-state index contributed by atoms with van der Waals surface area (Å²) in [7, 11) is 0. The van der Waals surface area contributed by atoms with Crippen LogP contribution in [-0.4, -0.2) is 23.3 Å². The van der Waals surface area contributed by atoms with E-state index in [0.29, 0.717) is 5.56 Å². The van der Waals surface area contributed by atoms with Crippen molar-refractivity contribution in [1.29, 1.82) is 0 Å². The fourth-order valence-electron chi connectivity index (χ4n) is 1.83. The Morgan fingerprint density at radius 3 is 2.65 bits per heavy atom. The van der Waals surface area contributed by atoms with Crippen molar-refractivity contribution in [2.45, 2.75) is 26.4 Å². The molecule has 2 N–H and O–H groups in total. The highest BCUT2D eigenvalue weighted by molar-refractivity contribution is 5.54. The molecule has 0 heterocycles. The molecule has 1 unspecified atom stereocenters. The van der Waals surface area contributed by atoms with Gasteiger partial charge >= 0.3 is 0 Å². The van der Waals surface area contributed by atoms with Gasteiger partial charge in [0.2, 0.25) is 0 Å². The van der Waals surface area contributed by atoms with Crippen molar-refractivity contribution in [3.8, 4) is 5.75 Å². The zero-order valence-corrected chi connectivity index (χ0v) is 10.6. The van der Waals surface area contributed by atoms with E-state index in [4.69, 9.17) is 0 Å². The van der Waals surface area contributed by atoms with E-state index in [1.54, 1.807) is 19.1 Å². The van der Waals surface area contributed by atoms with Gasteiger partial charge in [0.05, 0.1) is 6.10 Å². The Kier molecular flexibility index (Phi) is 5.04. The third-order valence-corrected chi connectivity index (χ3v) is 2.67. The number of hydrogen-bond donors (Lipinski definition) is 2. The Hall–Kier alpha value is -1.48. The van der Waals surface area contributed by atoms with Crippen molar-refractivity contribution in [1.82, 2.24) is 0 Å². The smallest absolute Gasteiger partial charge is 0.123 e. The summed E-state index contributed by atoms with van der Waals surface area (Å²) in [6, 6.07) is 5.38. The van der Waals surface area contributed by atoms with E-state index in [2.05, 4.69) is 18.4 Å². The minimum Gasteiger partial charge on any atom is -0.507 e. The highest BCUT2D eigenvalue weighted by Gasteiger charge is 2.10. The van der Waals surface area contributed by atoms with Gasteiger partial charge in [-0.3, -0.25) is 0 Å². The monoisotopic (exact) mass is 235 g/mol. The number of nitrogens with zero attached hydrogens (tertiary/aromatic N) is 1. The number of anilines is 1. The van der Waals surface area contributed by atoms with E-state index in [9.17, 15) is 10.2 Å². The maximum absolute atomic E-state index is 9.83. The predicted molar refractivity (Wildman–Crippen MR) is 71.4 cm³/mol. The first-order chi connectivity index (χ1) is 8.10. The summed E-state index contributed by atoms with van der Waals surface area (Å²) in [4.78, 5) is 2.14. The summed E-state index contributed by atoms with van der Waals surface area (Å²) in [5.74, 6) is 0.141. The molecule has 1 atom stereocenters. The molecule has 17 heavy (non-hydrogen) atoms. The number of hydrogen-bond acceptors (Lipinski definition) is 3. The van der Waals surface area contributed by atoms with Crippen LogP contribution in [0.2, 0.25) is 0 Å². The van der Waals surface area contributed by atoms with Crippen LogP contribution in [0.1, 0.15) is 31.9 Å². The molecule has 0 amide bonds. The molecular weight excluding hydrogens is 214 g/mol. The van der Waals surface area contributed by atoms with Crippen molar-refractivity contribution < 1.29 is 10.2 Å². The first-order valence-corrected chi connectivity index (χ1v) is 5.97. The zero-order valence-electron chi connectivity index (χ0n) is 10.6. The third-order valence-electron chi connectivity index (χ3n) is 2.67. The first kappa shape index (κ1) is 13.6. The molecule has 94 valence electrons. The van der Waals surface area contributed by atoms with Crippen LogP contribution in [0.3, 0.4) is 0 Å². The second kappa shape index (κ2) is 6.30. The van der Waals surface area contributed by atoms with E-state index in [-0.39, 0.29) is 5.75 Å². The highest BCUT2D eigenvalue weighted by Crippen LogP contribution is 2.29. The van der Waals surface area contributed by atoms with E-state index in [0.717, 1.165) is 25.2 Å². The van der Waals surface area contributed by atoms with Gasteiger partial charge in [-0.05, 0) is 19.4 Å². The second-order valence-electron chi connectivity index (χ2n) is 4.15. The van der Waals surface area contributed by atoms with E-state index in [1.807, 2.05) is 12.1 Å². The molecule has 3 heteroatoms. The minimum absolute atomic E-state index is 0.141. The summed E-state index contributed by atoms with van der Waals surface area (Å²) in [6.07, 6.45) is 2.23. The third kappa shape index (κ3) is 3.49. The van der Waals surface area contributed by atoms with Crippen LogP contribution in [0, 0.1) is 0 Å². The molecule has 0 aliphatic heterocycles. The molecule has 0 aliphatic carbocycles. The molecule has 0 aromatic heterocycles. The molecule has 3 nitrogen and oxygen atoms in total. The largest absolute Gasteiger partial charge is 0.507 e. The number of aliphatic hydroxyl groups is 1. The van der Waals surface area contributed by atoms with Crippen molar-refractivity contribution in [3.05, 3.63) is 36.4 Å². The van der Waals surface area contributed by atoms with Crippen LogP contribution in [0.5, 0.6) is 5.75 Å². The van der Waals surface area contributed by atoms with Crippen LogP contribution >= 0.6 is 0 Å². The number of aliphatic hydroxyl groups excluding tert-OH is 1. The van der Waals surface area contributed by atoms with Gasteiger partial charge in [0.15, 0.2) is 0 Å². The van der Waals surface area contributed by atoms with Gasteiger partial charge in [-0.2, -0.15) is 0 Å². The summed E-state index contributed by atoms with van der Waals surface area (Å²) in [5.41, 5.74) is 1.51. The summed E-state index contributed by atoms with van der Waals surface area (Å²) in [6.45, 7) is 9.15. The lowest BCUT2D eigenvalue weighted by molar-refractivity contribution is 0.195. The normalized spacial score (nSPS) is 12.2. The van der Waals surface area contributed by atoms with Gasteiger partial charge in [-0.15, -0.1) is 6.58 Å². The first-order valence-electron chi connectivity index (χ1n) is 5.97. The fraction of sp³-hybridized carbons (Fsp3) is 0.429. The van der Waals surface area contributed by atoms with Crippen LogP contribution in [0.25, 0.3) is 0 Å². The summed E-state index contributed by atoms with van der Waals surface area (Å²) in [5, 5.41) is 19.3. The Morgan fingerprint density at radius 1 is 1.47 bits per heavy atom. The zero-order chi connectivity index (χ0) is 12.8. The number of rotatable bonds is 6. The fourth-order valence-corrected chi connectivity index (χ4v) is 1.83. The number of phenolic OH excluding ortho intramolecular Hbond substituents is 1. The van der Waals surface area contributed by atoms with Gasteiger partial charge in [0, 0.05) is 30.4 Å². The molecule has 1 aromatic carbocycles. The van der Waals surface area contributed by atoms with Crippen LogP contribution in [0.15, 0.2) is 30.9 Å². The lowest BCUT2D eigenvalue weighted by Gasteiger charge is -2.23. The van der Waals surface area contributed by atoms with Crippen LogP contribution in [0.4, 0.5) is 5.69 Å². The Labute approximate surface area is 103 Å². The average molecular weight is 235 g/mol. The number of phenols is 1. The van der Waals surface area contributed by atoms with E-state index >= 15 is 0 Å². The van der Waals surface area contributed by atoms with Crippen LogP contribution < -0.4 is 4.90 Å². The predicted octanol–water partition coefficient (Wildman–Crippen LogP) is 2.85. The molecule has 1 rings (SSSR count). The Balaban J connectivity index is 2.97. The molecule has 0 fully saturated rings. The highest BCUT2D eigenvalue weighted by atomic mass is 16.3. The molecule has 0 saturated carbocycles. The maximum Gasteiger partial charge on any atom is 0.123 e. The Bertz CT molecular complexity index is 374. The molecular formula is C14H21NO2. The topological polar surface area (TPSA) is 43.7 Å². The van der Waals surface area contributed by atoms with E-state index < -0.39 is 6.10 Å². The number of aromatic hydroxyl groups is 1. The maximum atomic E-state index is 9.83. The molecule has 1 aromatic rings. The van der Waals surface area contributed by atoms with Gasteiger partial charge in [-0.25, -0.2) is 0 Å². The van der Waals surface area contributed by atoms with Crippen molar-refractivity contribution in [2.24, 2.45) is 0 Å². The average Bonchev–Trinajstić information content (AvgIpc) is 2.28. The van der Waals surface area contributed by atoms with Gasteiger partial charge in [-0.1, -0.05) is 19.1 Å². The summed E-state index contributed by atoms with van der Waals surface area (Å²) >= 11 is 0. The van der Waals surface area contributed by atoms with Gasteiger partial charge in [0.25, 0.3) is 0 Å². The quantitative estimate of drug-likeness (QED) is 0.745. The molecule has 0 saturated heterocycles. The van der Waals surface area contributed by atoms with Gasteiger partial charge < -0.3 is 15.1 Å². The lowest BCUT2D eigenvalue weighted by atomic mass is 10.1. The van der Waals surface area contributed by atoms with Crippen molar-refractivity contribution in [3.63, 3.8) is 0 Å². The standard InChI is InChI=1S/C14H21NO2/c1-4-8-15(9-5-2)12-6-7-13(11(3)16)14(17)10-12/h4,6-7,10-11,16-17H,1,5,8-9H2,2-3H3. The second-order valence-corrected chi connectivity index (χ2v) is 4.15. The summed E-state index contributed by atoms with van der Waals surface area (Å²) < 4.78 is 0. The molecule has 0 aliphatic rings. The minimum atomic E-state index is -0.650. The molecule has 0 radical (unpaired) electrons. The van der Waals surface area contributed by atoms with Crippen molar-refractivity contribution in [2.75, 3.05) is 18.0 Å². The van der Waals surface area contributed by atoms with Crippen LogP contribution in [-0.2, 0) is 0 Å². The molecule has 0 spiro atoms. The van der Waals surface area contributed by atoms with Crippen molar-refractivity contribution >= 4 is 5.69 Å². The van der Waals surface area contributed by atoms with Gasteiger partial charge in [0.1, 0.15) is 5.75 Å². The van der Waals surface area contributed by atoms with E-state index in [1.165, 1.54) is 0 Å². The molecule has 0 bridgehead atoms. The lowest BCUT2D eigenvalue weighted by Crippen LogP contribution is -2.23. The Morgan fingerprint density at radius 2 is 2.18 bits per heavy atom. The SMILES string of the molecule is C=CCN(CCC)c1ccc(C(C)O)c(O)c1. The number of benzene rings is 1.